The van der Waals surface area contributed by atoms with Gasteiger partial charge in [-0.3, -0.25) is 10.1 Å². The first-order valence-corrected chi connectivity index (χ1v) is 7.90. The van der Waals surface area contributed by atoms with Crippen molar-refractivity contribution >= 4 is 39.4 Å². The molecule has 6 heteroatoms. The third-order valence-electron chi connectivity index (χ3n) is 3.61. The Bertz CT molecular complexity index is 898. The normalized spacial score (nSPS) is 15.3. The molecule has 0 spiro atoms. The van der Waals surface area contributed by atoms with Crippen LogP contribution in [0.15, 0.2) is 58.6 Å². The van der Waals surface area contributed by atoms with Gasteiger partial charge in [-0.2, -0.15) is 0 Å². The molecule has 2 aromatic carbocycles. The van der Waals surface area contributed by atoms with E-state index in [4.69, 9.17) is 4.74 Å². The van der Waals surface area contributed by atoms with Crippen LogP contribution < -0.4 is 0 Å². The molecule has 0 saturated carbocycles. The number of carbonyl (C=O) groups excluding carboxylic acids is 1. The van der Waals surface area contributed by atoms with E-state index in [1.54, 1.807) is 31.2 Å². The third-order valence-corrected chi connectivity index (χ3v) is 4.13. The van der Waals surface area contributed by atoms with Gasteiger partial charge in [0.05, 0.1) is 10.5 Å². The van der Waals surface area contributed by atoms with E-state index in [0.29, 0.717) is 22.5 Å². The van der Waals surface area contributed by atoms with Crippen molar-refractivity contribution in [2.45, 2.75) is 6.92 Å². The van der Waals surface area contributed by atoms with Crippen molar-refractivity contribution in [1.29, 1.82) is 0 Å². The van der Waals surface area contributed by atoms with E-state index in [2.05, 4.69) is 15.9 Å². The minimum absolute atomic E-state index is 0.0211. The van der Waals surface area contributed by atoms with Crippen LogP contribution in [0.25, 0.3) is 11.8 Å². The molecule has 1 aliphatic heterocycles. The molecule has 0 aromatic heterocycles. The lowest BCUT2D eigenvalue weighted by molar-refractivity contribution is -0.385. The summed E-state index contributed by atoms with van der Waals surface area (Å²) in [5.41, 5.74) is 2.30. The fourth-order valence-electron chi connectivity index (χ4n) is 2.34. The van der Waals surface area contributed by atoms with E-state index < -0.39 is 10.9 Å². The fourth-order valence-corrected chi connectivity index (χ4v) is 2.60. The first-order valence-electron chi connectivity index (χ1n) is 7.10. The Balaban J connectivity index is 1.95. The standard InChI is InChI=1S/C18H12BrNO4/c1-11-2-3-12(9-16(11)20(22)23)8-14-10-17(24-18(14)21)13-4-6-15(19)7-5-13/h2-10H,1H3/b14-8-. The number of rotatable bonds is 3. The maximum atomic E-state index is 12.0. The number of halogens is 1. The summed E-state index contributed by atoms with van der Waals surface area (Å²) in [5, 5.41) is 11.0. The highest BCUT2D eigenvalue weighted by Gasteiger charge is 2.22. The number of nitro groups is 1. The average Bonchev–Trinajstić information content (AvgIpc) is 2.90. The van der Waals surface area contributed by atoms with Gasteiger partial charge in [-0.1, -0.05) is 40.2 Å². The number of nitrogens with zero attached hydrogens (tertiary/aromatic N) is 1. The number of cyclic esters (lactones) is 1. The molecule has 0 amide bonds. The van der Waals surface area contributed by atoms with Crippen molar-refractivity contribution in [1.82, 2.24) is 0 Å². The third kappa shape index (κ3) is 3.28. The highest BCUT2D eigenvalue weighted by Crippen LogP contribution is 2.29. The van der Waals surface area contributed by atoms with Crippen LogP contribution in [-0.4, -0.2) is 10.9 Å². The van der Waals surface area contributed by atoms with Gasteiger partial charge in [0.2, 0.25) is 0 Å². The summed E-state index contributed by atoms with van der Waals surface area (Å²) in [6, 6.07) is 12.2. The number of hydrogen-bond acceptors (Lipinski definition) is 4. The lowest BCUT2D eigenvalue weighted by Gasteiger charge is -2.01. The van der Waals surface area contributed by atoms with E-state index >= 15 is 0 Å². The van der Waals surface area contributed by atoms with E-state index in [1.165, 1.54) is 6.07 Å². The molecule has 120 valence electrons. The van der Waals surface area contributed by atoms with E-state index in [9.17, 15) is 14.9 Å². The lowest BCUT2D eigenvalue weighted by atomic mass is 10.1. The van der Waals surface area contributed by atoms with Crippen molar-refractivity contribution in [2.75, 3.05) is 0 Å². The molecule has 1 aliphatic rings. The number of carbonyl (C=O) groups is 1. The second-order valence-electron chi connectivity index (χ2n) is 5.31. The molecule has 0 radical (unpaired) electrons. The zero-order chi connectivity index (χ0) is 17.3. The van der Waals surface area contributed by atoms with Crippen LogP contribution in [0.3, 0.4) is 0 Å². The van der Waals surface area contributed by atoms with Gasteiger partial charge < -0.3 is 4.74 Å². The summed E-state index contributed by atoms with van der Waals surface area (Å²) in [6.07, 6.45) is 3.22. The molecule has 0 N–H and O–H groups in total. The van der Waals surface area contributed by atoms with Gasteiger partial charge in [0.25, 0.3) is 5.69 Å². The Hall–Kier alpha value is -2.73. The van der Waals surface area contributed by atoms with Crippen LogP contribution in [-0.2, 0) is 9.53 Å². The Labute approximate surface area is 146 Å². The summed E-state index contributed by atoms with van der Waals surface area (Å²) in [7, 11) is 0. The van der Waals surface area contributed by atoms with Gasteiger partial charge in [-0.25, -0.2) is 4.79 Å². The summed E-state index contributed by atoms with van der Waals surface area (Å²) < 4.78 is 6.21. The molecule has 0 atom stereocenters. The Morgan fingerprint density at radius 2 is 1.88 bits per heavy atom. The molecule has 3 rings (SSSR count). The summed E-state index contributed by atoms with van der Waals surface area (Å²) in [5.74, 6) is -0.0171. The molecule has 0 fully saturated rings. The lowest BCUT2D eigenvalue weighted by Crippen LogP contribution is -1.97. The predicted molar refractivity (Wildman–Crippen MR) is 94.0 cm³/mol. The number of aryl methyl sites for hydroxylation is 1. The minimum atomic E-state index is -0.476. The molecule has 0 saturated heterocycles. The van der Waals surface area contributed by atoms with Crippen molar-refractivity contribution in [2.24, 2.45) is 0 Å². The number of hydrogen-bond donors (Lipinski definition) is 0. The zero-order valence-electron chi connectivity index (χ0n) is 12.7. The Morgan fingerprint density at radius 1 is 1.17 bits per heavy atom. The van der Waals surface area contributed by atoms with Gasteiger partial charge >= 0.3 is 5.97 Å². The van der Waals surface area contributed by atoms with Crippen molar-refractivity contribution in [3.63, 3.8) is 0 Å². The summed E-state index contributed by atoms with van der Waals surface area (Å²) in [6.45, 7) is 1.67. The number of ether oxygens (including phenoxy) is 1. The van der Waals surface area contributed by atoms with Gasteiger partial charge in [-0.05, 0) is 36.8 Å². The Kier molecular flexibility index (Phi) is 4.31. The minimum Gasteiger partial charge on any atom is -0.422 e. The molecule has 24 heavy (non-hydrogen) atoms. The molecule has 2 aromatic rings. The van der Waals surface area contributed by atoms with Gasteiger partial charge in [-0.15, -0.1) is 0 Å². The van der Waals surface area contributed by atoms with Gasteiger partial charge in [0.1, 0.15) is 5.76 Å². The fraction of sp³-hybridized carbons (Fsp3) is 0.0556. The number of nitro benzene ring substituents is 1. The summed E-state index contributed by atoms with van der Waals surface area (Å²) >= 11 is 3.35. The van der Waals surface area contributed by atoms with Crippen molar-refractivity contribution in [3.05, 3.63) is 85.4 Å². The zero-order valence-corrected chi connectivity index (χ0v) is 14.2. The highest BCUT2D eigenvalue weighted by molar-refractivity contribution is 9.10. The maximum Gasteiger partial charge on any atom is 0.343 e. The molecule has 0 bridgehead atoms. The van der Waals surface area contributed by atoms with Crippen molar-refractivity contribution in [3.8, 4) is 0 Å². The SMILES string of the molecule is Cc1ccc(/C=C2/C=C(c3ccc(Br)cc3)OC2=O)cc1[N+](=O)[O-]. The van der Waals surface area contributed by atoms with Gasteiger partial charge in [0.15, 0.2) is 0 Å². The highest BCUT2D eigenvalue weighted by atomic mass is 79.9. The average molecular weight is 386 g/mol. The van der Waals surface area contributed by atoms with Crippen LogP contribution in [0.2, 0.25) is 0 Å². The second kappa shape index (κ2) is 6.41. The second-order valence-corrected chi connectivity index (χ2v) is 6.22. The van der Waals surface area contributed by atoms with Crippen LogP contribution in [0.4, 0.5) is 5.69 Å². The van der Waals surface area contributed by atoms with E-state index in [-0.39, 0.29) is 5.69 Å². The first-order chi connectivity index (χ1) is 11.4. The first kappa shape index (κ1) is 16.1. The van der Waals surface area contributed by atoms with Crippen molar-refractivity contribution < 1.29 is 14.5 Å². The van der Waals surface area contributed by atoms with Crippen LogP contribution in [0.5, 0.6) is 0 Å². The molecular formula is C18H12BrNO4. The molecule has 0 unspecified atom stereocenters. The van der Waals surface area contributed by atoms with Crippen LogP contribution in [0.1, 0.15) is 16.7 Å². The van der Waals surface area contributed by atoms with Gasteiger partial charge in [0, 0.05) is 21.7 Å². The Morgan fingerprint density at radius 3 is 2.54 bits per heavy atom. The number of esters is 1. The largest absolute Gasteiger partial charge is 0.422 e. The monoisotopic (exact) mass is 385 g/mol. The topological polar surface area (TPSA) is 69.4 Å². The molecule has 5 nitrogen and oxygen atoms in total. The number of benzene rings is 2. The van der Waals surface area contributed by atoms with E-state index in [0.717, 1.165) is 10.0 Å². The summed E-state index contributed by atoms with van der Waals surface area (Å²) in [4.78, 5) is 22.6. The quantitative estimate of drug-likeness (QED) is 0.333. The predicted octanol–water partition coefficient (Wildman–Crippen LogP) is 4.65. The van der Waals surface area contributed by atoms with E-state index in [1.807, 2.05) is 24.3 Å². The molecule has 1 heterocycles. The smallest absolute Gasteiger partial charge is 0.343 e. The molecular weight excluding hydrogens is 374 g/mol. The molecule has 0 aliphatic carbocycles. The van der Waals surface area contributed by atoms with Crippen LogP contribution in [0, 0.1) is 17.0 Å². The maximum absolute atomic E-state index is 12.0. The van der Waals surface area contributed by atoms with Crippen LogP contribution >= 0.6 is 15.9 Å².